The monoisotopic (exact) mass is 416 g/mol. The Kier molecular flexibility index (Phi) is 5.95. The van der Waals surface area contributed by atoms with E-state index in [0.717, 1.165) is 68.5 Å². The number of carbonyl (C=O) groups is 1. The van der Waals surface area contributed by atoms with E-state index in [1.165, 1.54) is 0 Å². The number of hydrogen-bond acceptors (Lipinski definition) is 5. The van der Waals surface area contributed by atoms with Crippen molar-refractivity contribution >= 4 is 17.5 Å². The van der Waals surface area contributed by atoms with Gasteiger partial charge < -0.3 is 15.1 Å². The molecule has 1 aliphatic carbocycles. The summed E-state index contributed by atoms with van der Waals surface area (Å²) in [4.78, 5) is 19.3. The van der Waals surface area contributed by atoms with Gasteiger partial charge in [-0.05, 0) is 43.9 Å². The van der Waals surface area contributed by atoms with Gasteiger partial charge in [0, 0.05) is 42.7 Å². The van der Waals surface area contributed by atoms with Crippen molar-refractivity contribution in [2.24, 2.45) is 11.3 Å². The number of nitrogens with one attached hydrogen (secondary N) is 2. The second-order valence-electron chi connectivity index (χ2n) is 8.41. The summed E-state index contributed by atoms with van der Waals surface area (Å²) in [5, 5.41) is 6.97. The maximum atomic E-state index is 12.2. The van der Waals surface area contributed by atoms with Crippen molar-refractivity contribution in [3.05, 3.63) is 40.9 Å². The number of oxazole rings is 1. The summed E-state index contributed by atoms with van der Waals surface area (Å²) in [5.41, 5.74) is 2.22. The summed E-state index contributed by atoms with van der Waals surface area (Å²) in [5.74, 6) is 1.97. The van der Waals surface area contributed by atoms with Crippen molar-refractivity contribution in [1.29, 1.82) is 0 Å². The first-order valence-corrected chi connectivity index (χ1v) is 10.8. The molecule has 1 saturated heterocycles. The molecule has 1 spiro atoms. The number of aryl methyl sites for hydroxylation is 1. The topological polar surface area (TPSA) is 70.4 Å². The van der Waals surface area contributed by atoms with Gasteiger partial charge in [0.2, 0.25) is 11.8 Å². The third kappa shape index (κ3) is 4.49. The Morgan fingerprint density at radius 3 is 2.69 bits per heavy atom. The number of benzene rings is 1. The molecule has 0 radical (unpaired) electrons. The zero-order valence-corrected chi connectivity index (χ0v) is 17.9. The molecule has 1 aliphatic heterocycles. The summed E-state index contributed by atoms with van der Waals surface area (Å²) < 4.78 is 5.89. The molecule has 29 heavy (non-hydrogen) atoms. The van der Waals surface area contributed by atoms with E-state index in [-0.39, 0.29) is 11.8 Å². The predicted molar refractivity (Wildman–Crippen MR) is 114 cm³/mol. The highest BCUT2D eigenvalue weighted by Gasteiger charge is 2.54. The van der Waals surface area contributed by atoms with Gasteiger partial charge in [0.25, 0.3) is 0 Å². The number of amides is 1. The molecule has 2 fully saturated rings. The van der Waals surface area contributed by atoms with E-state index >= 15 is 0 Å². The van der Waals surface area contributed by atoms with Gasteiger partial charge in [-0.15, -0.1) is 0 Å². The average Bonchev–Trinajstić information content (AvgIpc) is 3.00. The van der Waals surface area contributed by atoms with Crippen molar-refractivity contribution in [3.63, 3.8) is 0 Å². The van der Waals surface area contributed by atoms with E-state index in [1.54, 1.807) is 0 Å². The number of nitrogens with zero attached hydrogens (tertiary/aromatic N) is 2. The summed E-state index contributed by atoms with van der Waals surface area (Å²) in [6.45, 7) is 9.25. The summed E-state index contributed by atoms with van der Waals surface area (Å²) in [6, 6.07) is 7.67. The third-order valence-electron chi connectivity index (χ3n) is 6.02. The van der Waals surface area contributed by atoms with Gasteiger partial charge in [-0.2, -0.15) is 0 Å². The highest BCUT2D eigenvalue weighted by molar-refractivity contribution is 6.30. The molecule has 2 aliphatic rings. The molecule has 1 aromatic carbocycles. The second-order valence-corrected chi connectivity index (χ2v) is 8.85. The van der Waals surface area contributed by atoms with Crippen LogP contribution in [0.4, 0.5) is 0 Å². The van der Waals surface area contributed by atoms with Crippen LogP contribution < -0.4 is 10.6 Å². The molecule has 2 aromatic rings. The van der Waals surface area contributed by atoms with Gasteiger partial charge in [0.1, 0.15) is 11.5 Å². The summed E-state index contributed by atoms with van der Waals surface area (Å²) in [6.07, 6.45) is 1.99. The lowest BCUT2D eigenvalue weighted by Gasteiger charge is -2.58. The predicted octanol–water partition coefficient (Wildman–Crippen LogP) is 3.24. The molecular weight excluding hydrogens is 388 g/mol. The molecule has 0 bridgehead atoms. The minimum absolute atomic E-state index is 0.180. The fourth-order valence-corrected chi connectivity index (χ4v) is 4.75. The van der Waals surface area contributed by atoms with E-state index in [4.69, 9.17) is 21.0 Å². The molecule has 7 heteroatoms. The SMILES string of the molecule is CCNCCNC(=O)C1CC2(C1)CN(Cc1nc(-c3ccc(Cl)cc3)c(C)o1)C2. The Hall–Kier alpha value is -1.89. The van der Waals surface area contributed by atoms with Crippen LogP contribution in [-0.2, 0) is 11.3 Å². The molecule has 0 atom stereocenters. The number of aromatic nitrogens is 1. The number of halogens is 1. The number of rotatable bonds is 8. The lowest BCUT2D eigenvalue weighted by molar-refractivity contribution is -0.145. The number of hydrogen-bond donors (Lipinski definition) is 2. The first-order valence-electron chi connectivity index (χ1n) is 10.4. The average molecular weight is 417 g/mol. The quantitative estimate of drug-likeness (QED) is 0.646. The van der Waals surface area contributed by atoms with Crippen molar-refractivity contribution in [3.8, 4) is 11.3 Å². The van der Waals surface area contributed by atoms with E-state index in [9.17, 15) is 4.79 Å². The van der Waals surface area contributed by atoms with Crippen LogP contribution >= 0.6 is 11.6 Å². The number of likely N-dealkylation sites (tertiary alicyclic amines) is 1. The van der Waals surface area contributed by atoms with Gasteiger partial charge in [0.15, 0.2) is 0 Å². The molecule has 1 saturated carbocycles. The smallest absolute Gasteiger partial charge is 0.223 e. The Morgan fingerprint density at radius 1 is 1.28 bits per heavy atom. The Bertz CT molecular complexity index is 850. The van der Waals surface area contributed by atoms with Gasteiger partial charge >= 0.3 is 0 Å². The van der Waals surface area contributed by atoms with Crippen LogP contribution in [-0.4, -0.2) is 48.5 Å². The molecular formula is C22H29ClN4O2. The van der Waals surface area contributed by atoms with Crippen molar-refractivity contribution in [2.45, 2.75) is 33.2 Å². The second kappa shape index (κ2) is 8.46. The molecule has 6 nitrogen and oxygen atoms in total. The molecule has 0 unspecified atom stereocenters. The van der Waals surface area contributed by atoms with E-state index in [1.807, 2.05) is 31.2 Å². The molecule has 156 valence electrons. The van der Waals surface area contributed by atoms with Gasteiger partial charge in [0.05, 0.1) is 6.54 Å². The van der Waals surface area contributed by atoms with Crippen molar-refractivity contribution in [1.82, 2.24) is 20.5 Å². The minimum Gasteiger partial charge on any atom is -0.444 e. The van der Waals surface area contributed by atoms with Crippen LogP contribution in [0.1, 0.15) is 31.4 Å². The van der Waals surface area contributed by atoms with Gasteiger partial charge in [-0.3, -0.25) is 9.69 Å². The Morgan fingerprint density at radius 2 is 2.00 bits per heavy atom. The van der Waals surface area contributed by atoms with Crippen LogP contribution in [0.2, 0.25) is 5.02 Å². The molecule has 1 amide bonds. The van der Waals surface area contributed by atoms with Crippen molar-refractivity contribution < 1.29 is 9.21 Å². The molecule has 1 aromatic heterocycles. The Labute approximate surface area is 177 Å². The molecule has 2 heterocycles. The standard InChI is InChI=1S/C22H29ClN4O2/c1-3-24-8-9-25-21(28)17-10-22(11-17)13-27(14-22)12-19-26-20(15(2)29-19)16-4-6-18(23)7-5-16/h4-7,17,24H,3,8-14H2,1-2H3,(H,25,28). The fourth-order valence-electron chi connectivity index (χ4n) is 4.62. The lowest BCUT2D eigenvalue weighted by Crippen LogP contribution is -2.63. The van der Waals surface area contributed by atoms with Crippen molar-refractivity contribution in [2.75, 3.05) is 32.7 Å². The van der Waals surface area contributed by atoms with E-state index in [0.29, 0.717) is 17.0 Å². The van der Waals surface area contributed by atoms with Crippen LogP contribution in [0.3, 0.4) is 0 Å². The maximum Gasteiger partial charge on any atom is 0.223 e. The number of likely N-dealkylation sites (N-methyl/N-ethyl adjacent to an activating group) is 1. The van der Waals surface area contributed by atoms with Gasteiger partial charge in [-0.25, -0.2) is 4.98 Å². The highest BCUT2D eigenvalue weighted by atomic mass is 35.5. The summed E-state index contributed by atoms with van der Waals surface area (Å²) >= 11 is 5.97. The van der Waals surface area contributed by atoms with Crippen LogP contribution in [0.5, 0.6) is 0 Å². The van der Waals surface area contributed by atoms with Crippen LogP contribution in [0, 0.1) is 18.3 Å². The Balaban J connectivity index is 1.23. The normalized spacial score (nSPS) is 18.4. The van der Waals surface area contributed by atoms with Crippen LogP contribution in [0.15, 0.2) is 28.7 Å². The van der Waals surface area contributed by atoms with E-state index in [2.05, 4.69) is 22.5 Å². The highest BCUT2D eigenvalue weighted by Crippen LogP contribution is 2.52. The van der Waals surface area contributed by atoms with Crippen LogP contribution in [0.25, 0.3) is 11.3 Å². The van der Waals surface area contributed by atoms with Gasteiger partial charge in [-0.1, -0.05) is 30.7 Å². The third-order valence-corrected chi connectivity index (χ3v) is 6.27. The maximum absolute atomic E-state index is 12.2. The first kappa shape index (κ1) is 20.4. The van der Waals surface area contributed by atoms with E-state index < -0.39 is 0 Å². The zero-order chi connectivity index (χ0) is 20.4. The fraction of sp³-hybridized carbons (Fsp3) is 0.545. The molecule has 2 N–H and O–H groups in total. The summed E-state index contributed by atoms with van der Waals surface area (Å²) in [7, 11) is 0. The lowest BCUT2D eigenvalue weighted by atomic mass is 9.57. The first-order chi connectivity index (χ1) is 14.0. The zero-order valence-electron chi connectivity index (χ0n) is 17.1. The molecule has 4 rings (SSSR count). The number of carbonyl (C=O) groups excluding carboxylic acids is 1. The minimum atomic E-state index is 0.180. The largest absolute Gasteiger partial charge is 0.444 e.